The summed E-state index contributed by atoms with van der Waals surface area (Å²) in [6.07, 6.45) is -12.5. The van der Waals surface area contributed by atoms with E-state index in [-0.39, 0.29) is 0 Å². The molecule has 8 nitrogen and oxygen atoms in total. The lowest BCUT2D eigenvalue weighted by atomic mass is 10.0. The number of benzene rings is 1. The van der Waals surface area contributed by atoms with Crippen molar-refractivity contribution >= 4 is 12.0 Å². The molecule has 1 N–H and O–H groups in total. The first-order chi connectivity index (χ1) is 20.0. The number of carbonyl (C=O) groups excluding carboxylic acids is 2. The van der Waals surface area contributed by atoms with Gasteiger partial charge in [0, 0.05) is 34.2 Å². The van der Waals surface area contributed by atoms with Crippen LogP contribution in [0.25, 0.3) is 0 Å². The Morgan fingerprint density at radius 2 is 1.83 bits per heavy atom. The molecule has 192 valence electrons. The minimum atomic E-state index is -5.51. The lowest BCUT2D eigenvalue weighted by Crippen LogP contribution is -2.45. The maximum absolute atomic E-state index is 14.9. The summed E-state index contributed by atoms with van der Waals surface area (Å²) < 4.78 is 169. The van der Waals surface area contributed by atoms with Crippen LogP contribution in [0.5, 0.6) is 0 Å². The van der Waals surface area contributed by atoms with Crippen molar-refractivity contribution in [3.63, 3.8) is 0 Å². The highest BCUT2D eigenvalue weighted by atomic mass is 19.4. The van der Waals surface area contributed by atoms with E-state index < -0.39 is 118 Å². The Balaban J connectivity index is 2.23. The third-order valence-corrected chi connectivity index (χ3v) is 3.94. The number of fused-ring (bicyclic) bond motifs is 1. The summed E-state index contributed by atoms with van der Waals surface area (Å²) in [5, 5.41) is 7.39. The summed E-state index contributed by atoms with van der Waals surface area (Å²) in [6, 6.07) is -5.89. The number of nitrogens with one attached hydrogen (secondary N) is 1. The Bertz CT molecular complexity index is 1520. The number of nitrogens with zero attached hydrogens (tertiary/aromatic N) is 4. The standard InChI is InChI=1S/C21H23F6N5O3/c1-20(2,3)35-19(34)28-12(6-11-7-14(23)15(24)9-13(11)22)8-17(33)31-4-5-32-16(10-31)29-30-18(32)21(25,26)27/h7,9,12H,4-6,8,10H2,1-3H3,(H,28,34)/t12-/m1/s1/i4D2,5D2,7D,8D2,9D,10D2. The summed E-state index contributed by atoms with van der Waals surface area (Å²) in [7, 11) is 0. The van der Waals surface area contributed by atoms with Gasteiger partial charge in [0.15, 0.2) is 17.5 Å². The topological polar surface area (TPSA) is 89.3 Å². The number of hydrogen-bond acceptors (Lipinski definition) is 5. The van der Waals surface area contributed by atoms with E-state index in [1.807, 2.05) is 0 Å². The molecule has 1 aliphatic rings. The Labute approximate surface area is 210 Å². The maximum atomic E-state index is 14.9. The molecule has 0 saturated heterocycles. The van der Waals surface area contributed by atoms with Crippen molar-refractivity contribution in [3.05, 3.63) is 46.7 Å². The average Bonchev–Trinajstić information content (AvgIpc) is 3.34. The number of hydrogen-bond donors (Lipinski definition) is 1. The molecular weight excluding hydrogens is 484 g/mol. The first-order valence-corrected chi connectivity index (χ1v) is 9.53. The molecule has 1 aliphatic heterocycles. The lowest BCUT2D eigenvalue weighted by molar-refractivity contribution is -0.148. The number of amides is 2. The monoisotopic (exact) mass is 517 g/mol. The zero-order valence-electron chi connectivity index (χ0n) is 28.1. The first-order valence-electron chi connectivity index (χ1n) is 14.5. The van der Waals surface area contributed by atoms with Crippen LogP contribution in [-0.4, -0.2) is 49.8 Å². The summed E-state index contributed by atoms with van der Waals surface area (Å²) in [5.41, 5.74) is -2.59. The summed E-state index contributed by atoms with van der Waals surface area (Å²) in [6.45, 7) is -8.13. The second kappa shape index (κ2) is 9.74. The lowest BCUT2D eigenvalue weighted by Gasteiger charge is -2.30. The number of alkyl carbamates (subject to hydrolysis) is 1. The van der Waals surface area contributed by atoms with Gasteiger partial charge in [0.25, 0.3) is 0 Å². The molecule has 0 fully saturated rings. The maximum Gasteiger partial charge on any atom is 0.451 e. The first kappa shape index (κ1) is 15.6. The van der Waals surface area contributed by atoms with Gasteiger partial charge in [0.05, 0.1) is 17.5 Å². The molecule has 1 atom stereocenters. The zero-order chi connectivity index (χ0) is 35.0. The van der Waals surface area contributed by atoms with Crippen molar-refractivity contribution in [1.29, 1.82) is 0 Å². The second-order valence-electron chi connectivity index (χ2n) is 7.87. The zero-order valence-corrected chi connectivity index (χ0v) is 18.1. The van der Waals surface area contributed by atoms with Crippen LogP contribution in [0.1, 0.15) is 58.1 Å². The van der Waals surface area contributed by atoms with Crippen LogP contribution in [0.4, 0.5) is 31.1 Å². The smallest absolute Gasteiger partial charge is 0.444 e. The fourth-order valence-electron chi connectivity index (χ4n) is 2.59. The predicted octanol–water partition coefficient (Wildman–Crippen LogP) is 3.58. The quantitative estimate of drug-likeness (QED) is 0.484. The van der Waals surface area contributed by atoms with Crippen molar-refractivity contribution < 1.29 is 54.4 Å². The molecule has 35 heavy (non-hydrogen) atoms. The number of halogens is 6. The normalized spacial score (nSPS) is 23.9. The van der Waals surface area contributed by atoms with Gasteiger partial charge in [-0.2, -0.15) is 13.2 Å². The molecule has 0 radical (unpaired) electrons. The predicted molar refractivity (Wildman–Crippen MR) is 108 cm³/mol. The van der Waals surface area contributed by atoms with Crippen molar-refractivity contribution in [1.82, 2.24) is 25.0 Å². The van der Waals surface area contributed by atoms with Crippen molar-refractivity contribution in [2.24, 2.45) is 0 Å². The number of rotatable bonds is 5. The van der Waals surface area contributed by atoms with Gasteiger partial charge in [0.2, 0.25) is 11.7 Å². The second-order valence-corrected chi connectivity index (χ2v) is 7.87. The van der Waals surface area contributed by atoms with Gasteiger partial charge < -0.3 is 19.5 Å². The van der Waals surface area contributed by atoms with Crippen molar-refractivity contribution in [2.45, 2.75) is 64.4 Å². The minimum Gasteiger partial charge on any atom is -0.444 e. The van der Waals surface area contributed by atoms with E-state index in [9.17, 15) is 35.9 Å². The van der Waals surface area contributed by atoms with E-state index in [1.54, 1.807) is 5.32 Å². The van der Waals surface area contributed by atoms with Gasteiger partial charge in [-0.25, -0.2) is 18.0 Å². The van der Waals surface area contributed by atoms with Gasteiger partial charge in [0.1, 0.15) is 11.4 Å². The summed E-state index contributed by atoms with van der Waals surface area (Å²) in [5.74, 6) is -12.3. The molecule has 2 aromatic rings. The van der Waals surface area contributed by atoms with E-state index in [2.05, 4.69) is 10.2 Å². The minimum absolute atomic E-state index is 0.582. The van der Waals surface area contributed by atoms with E-state index in [1.165, 1.54) is 20.8 Å². The Hall–Kier alpha value is -3.32. The van der Waals surface area contributed by atoms with Gasteiger partial charge >= 0.3 is 12.3 Å². The van der Waals surface area contributed by atoms with Gasteiger partial charge in [-0.1, -0.05) is 0 Å². The van der Waals surface area contributed by atoms with Crippen LogP contribution in [0.15, 0.2) is 12.1 Å². The van der Waals surface area contributed by atoms with Crippen LogP contribution in [0.3, 0.4) is 0 Å². The number of aromatic nitrogens is 3. The molecule has 0 aliphatic carbocycles. The summed E-state index contributed by atoms with van der Waals surface area (Å²) in [4.78, 5) is 25.6. The van der Waals surface area contributed by atoms with E-state index in [0.717, 1.165) is 0 Å². The molecule has 14 heteroatoms. The van der Waals surface area contributed by atoms with Crippen LogP contribution < -0.4 is 5.32 Å². The van der Waals surface area contributed by atoms with Crippen LogP contribution >= 0.6 is 0 Å². The molecule has 1 aromatic heterocycles. The van der Waals surface area contributed by atoms with E-state index in [0.29, 0.717) is 0 Å². The highest BCUT2D eigenvalue weighted by Crippen LogP contribution is 2.29. The highest BCUT2D eigenvalue weighted by Gasteiger charge is 2.40. The molecule has 0 bridgehead atoms. The van der Waals surface area contributed by atoms with E-state index in [4.69, 9.17) is 18.4 Å². The fraction of sp³-hybridized carbons (Fsp3) is 0.524. The van der Waals surface area contributed by atoms with Crippen molar-refractivity contribution in [3.8, 4) is 0 Å². The third-order valence-electron chi connectivity index (χ3n) is 3.94. The third kappa shape index (κ3) is 6.63. The number of carbonyl (C=O) groups is 2. The molecule has 1 aromatic carbocycles. The van der Waals surface area contributed by atoms with Gasteiger partial charge in [-0.15, -0.1) is 10.2 Å². The van der Waals surface area contributed by atoms with E-state index >= 15 is 0 Å². The fourth-order valence-corrected chi connectivity index (χ4v) is 2.59. The summed E-state index contributed by atoms with van der Waals surface area (Å²) >= 11 is 0. The molecule has 3 rings (SSSR count). The largest absolute Gasteiger partial charge is 0.451 e. The Kier molecular flexibility index (Phi) is 4.35. The SMILES string of the molecule is [2H]c1c(F)c(F)c([2H])c(C[C@@H](NC(=O)OC(C)(C)C)C([2H])([2H])C(=O)N2C([2H])([2H])c3nnc(C(F)(F)F)n3C([2H])([2H])C2([2H])[2H])c1F. The van der Waals surface area contributed by atoms with Crippen LogP contribution in [0.2, 0.25) is 0 Å². The number of ether oxygens (including phenoxy) is 1. The van der Waals surface area contributed by atoms with Crippen LogP contribution in [0, 0.1) is 17.5 Å². The highest BCUT2D eigenvalue weighted by molar-refractivity contribution is 5.78. The molecule has 2 amide bonds. The number of alkyl halides is 3. The molecule has 0 saturated carbocycles. The van der Waals surface area contributed by atoms with Crippen molar-refractivity contribution in [2.75, 3.05) is 6.50 Å². The molecular formula is C21H23F6N5O3. The molecule has 0 spiro atoms. The molecule has 0 unspecified atom stereocenters. The van der Waals surface area contributed by atoms with Crippen LogP contribution in [-0.2, 0) is 35.1 Å². The molecule has 2 heterocycles. The van der Waals surface area contributed by atoms with Gasteiger partial charge in [-0.05, 0) is 38.8 Å². The average molecular weight is 517 g/mol. The Morgan fingerprint density at radius 1 is 1.17 bits per heavy atom. The van der Waals surface area contributed by atoms with Gasteiger partial charge in [-0.3, -0.25) is 4.79 Å². The Morgan fingerprint density at radius 3 is 2.46 bits per heavy atom.